The number of aromatic nitrogens is 4. The van der Waals surface area contributed by atoms with E-state index in [1.165, 1.54) is 25.7 Å². The van der Waals surface area contributed by atoms with Crippen molar-refractivity contribution in [2.75, 3.05) is 0 Å². The van der Waals surface area contributed by atoms with Gasteiger partial charge in [-0.25, -0.2) is 0 Å². The van der Waals surface area contributed by atoms with E-state index in [1.54, 1.807) is 0 Å². The summed E-state index contributed by atoms with van der Waals surface area (Å²) in [7, 11) is 0. The van der Waals surface area contributed by atoms with Crippen molar-refractivity contribution in [2.45, 2.75) is 80.1 Å². The van der Waals surface area contributed by atoms with Gasteiger partial charge in [-0.15, -0.1) is 0 Å². The van der Waals surface area contributed by atoms with Crippen LogP contribution in [0.2, 0.25) is 0 Å². The third-order valence-corrected chi connectivity index (χ3v) is 3.88. The Morgan fingerprint density at radius 2 is 1.21 bits per heavy atom. The van der Waals surface area contributed by atoms with Crippen LogP contribution in [-0.4, -0.2) is 19.9 Å². The van der Waals surface area contributed by atoms with Crippen molar-refractivity contribution >= 4 is 0 Å². The Hall–Kier alpha value is -1.84. The molecule has 0 aliphatic rings. The van der Waals surface area contributed by atoms with Crippen molar-refractivity contribution in [1.82, 2.24) is 19.9 Å². The van der Waals surface area contributed by atoms with Crippen molar-refractivity contribution in [3.8, 4) is 0 Å². The van der Waals surface area contributed by atoms with Gasteiger partial charge in [-0.05, 0) is 53.4 Å². The summed E-state index contributed by atoms with van der Waals surface area (Å²) in [6, 6.07) is 0. The van der Waals surface area contributed by atoms with Crippen molar-refractivity contribution in [1.29, 1.82) is 0 Å². The quantitative estimate of drug-likeness (QED) is 0.759. The minimum Gasteiger partial charge on any atom is -0.258 e. The molecule has 0 unspecified atom stereocenters. The van der Waals surface area contributed by atoms with Crippen LogP contribution in [0.25, 0.3) is 0 Å². The SMILES string of the molecule is CCCCc1nc(C)cnc1C.CCCCc1ncc(C)nc1C. The first-order valence-corrected chi connectivity index (χ1v) is 9.06. The van der Waals surface area contributed by atoms with E-state index in [4.69, 9.17) is 0 Å². The minimum atomic E-state index is 1.01. The third-order valence-electron chi connectivity index (χ3n) is 3.88. The lowest BCUT2D eigenvalue weighted by Gasteiger charge is -2.03. The predicted molar refractivity (Wildman–Crippen MR) is 100 cm³/mol. The molecular weight excluding hydrogens is 296 g/mol. The summed E-state index contributed by atoms with van der Waals surface area (Å²) >= 11 is 0. The molecule has 2 aromatic heterocycles. The molecule has 0 saturated carbocycles. The predicted octanol–water partition coefficient (Wildman–Crippen LogP) is 4.87. The van der Waals surface area contributed by atoms with Gasteiger partial charge in [-0.2, -0.15) is 0 Å². The fourth-order valence-electron chi connectivity index (χ4n) is 2.38. The molecule has 0 amide bonds. The molecule has 132 valence electrons. The van der Waals surface area contributed by atoms with E-state index in [1.807, 2.05) is 40.1 Å². The van der Waals surface area contributed by atoms with E-state index >= 15 is 0 Å². The highest BCUT2D eigenvalue weighted by Gasteiger charge is 2.01. The molecule has 2 aromatic rings. The van der Waals surface area contributed by atoms with Gasteiger partial charge in [0, 0.05) is 12.4 Å². The summed E-state index contributed by atoms with van der Waals surface area (Å²) in [5.74, 6) is 0. The average molecular weight is 329 g/mol. The third kappa shape index (κ3) is 7.16. The van der Waals surface area contributed by atoms with Gasteiger partial charge in [0.05, 0.1) is 34.2 Å². The molecule has 2 rings (SSSR count). The summed E-state index contributed by atoms with van der Waals surface area (Å²) < 4.78 is 0. The molecule has 4 heteroatoms. The zero-order chi connectivity index (χ0) is 17.9. The van der Waals surface area contributed by atoms with E-state index in [-0.39, 0.29) is 0 Å². The zero-order valence-electron chi connectivity index (χ0n) is 16.2. The molecule has 4 nitrogen and oxygen atoms in total. The Morgan fingerprint density at radius 1 is 0.667 bits per heavy atom. The van der Waals surface area contributed by atoms with Gasteiger partial charge >= 0.3 is 0 Å². The maximum absolute atomic E-state index is 4.45. The number of rotatable bonds is 6. The van der Waals surface area contributed by atoms with Crippen LogP contribution in [0.3, 0.4) is 0 Å². The molecule has 0 fully saturated rings. The summed E-state index contributed by atoms with van der Waals surface area (Å²) in [4.78, 5) is 17.4. The van der Waals surface area contributed by atoms with Crippen LogP contribution in [0, 0.1) is 27.7 Å². The monoisotopic (exact) mass is 328 g/mol. The van der Waals surface area contributed by atoms with Crippen LogP contribution in [0.15, 0.2) is 12.4 Å². The molecule has 0 spiro atoms. The summed E-state index contributed by atoms with van der Waals surface area (Å²) in [5, 5.41) is 0. The minimum absolute atomic E-state index is 1.01. The standard InChI is InChI=1S/2C10H16N2/c1-4-5-6-10-9(3)12-8(2)7-11-10;1-4-5-6-10-9(3)11-7-8(2)12-10/h2*7H,4-6H2,1-3H3. The lowest BCUT2D eigenvalue weighted by Crippen LogP contribution is -1.98. The topological polar surface area (TPSA) is 51.6 Å². The molecule has 0 aliphatic carbocycles. The van der Waals surface area contributed by atoms with Gasteiger partial charge in [0.1, 0.15) is 0 Å². The van der Waals surface area contributed by atoms with E-state index in [2.05, 4.69) is 33.8 Å². The lowest BCUT2D eigenvalue weighted by atomic mass is 10.1. The van der Waals surface area contributed by atoms with Crippen molar-refractivity contribution < 1.29 is 0 Å². The van der Waals surface area contributed by atoms with Crippen LogP contribution < -0.4 is 0 Å². The molecule has 0 atom stereocenters. The van der Waals surface area contributed by atoms with Gasteiger partial charge in [0.2, 0.25) is 0 Å². The Kier molecular flexibility index (Phi) is 9.13. The van der Waals surface area contributed by atoms with Gasteiger partial charge in [0.15, 0.2) is 0 Å². The molecule has 0 saturated heterocycles. The number of unbranched alkanes of at least 4 members (excludes halogenated alkanes) is 2. The molecule has 0 aromatic carbocycles. The lowest BCUT2D eigenvalue weighted by molar-refractivity contribution is 0.760. The highest BCUT2D eigenvalue weighted by Crippen LogP contribution is 2.07. The van der Waals surface area contributed by atoms with Gasteiger partial charge in [-0.1, -0.05) is 26.7 Å². The number of nitrogens with zero attached hydrogens (tertiary/aromatic N) is 4. The molecule has 0 N–H and O–H groups in total. The van der Waals surface area contributed by atoms with Crippen LogP contribution in [0.1, 0.15) is 73.7 Å². The Bertz CT molecular complexity index is 623. The largest absolute Gasteiger partial charge is 0.258 e. The van der Waals surface area contributed by atoms with Crippen molar-refractivity contribution in [3.05, 3.63) is 46.6 Å². The molecule has 0 aliphatic heterocycles. The second kappa shape index (κ2) is 10.8. The van der Waals surface area contributed by atoms with E-state index in [9.17, 15) is 0 Å². The summed E-state index contributed by atoms with van der Waals surface area (Å²) in [6.07, 6.45) is 10.6. The van der Waals surface area contributed by atoms with Gasteiger partial charge < -0.3 is 0 Å². The normalized spacial score (nSPS) is 10.2. The average Bonchev–Trinajstić information content (AvgIpc) is 2.55. The second-order valence-corrected chi connectivity index (χ2v) is 6.29. The van der Waals surface area contributed by atoms with E-state index < -0.39 is 0 Å². The highest BCUT2D eigenvalue weighted by atomic mass is 14.8. The molecule has 24 heavy (non-hydrogen) atoms. The van der Waals surface area contributed by atoms with Crippen molar-refractivity contribution in [2.24, 2.45) is 0 Å². The number of hydrogen-bond acceptors (Lipinski definition) is 4. The first kappa shape index (κ1) is 20.2. The molecule has 2 heterocycles. The van der Waals surface area contributed by atoms with Crippen LogP contribution >= 0.6 is 0 Å². The summed E-state index contributed by atoms with van der Waals surface area (Å²) in [5.41, 5.74) is 6.51. The van der Waals surface area contributed by atoms with Crippen molar-refractivity contribution in [3.63, 3.8) is 0 Å². The zero-order valence-corrected chi connectivity index (χ0v) is 16.2. The first-order chi connectivity index (χ1) is 11.5. The van der Waals surface area contributed by atoms with Gasteiger partial charge in [-0.3, -0.25) is 19.9 Å². The summed E-state index contributed by atoms with van der Waals surface area (Å²) in [6.45, 7) is 12.4. The number of hydrogen-bond donors (Lipinski definition) is 0. The Labute approximate surface area is 147 Å². The smallest absolute Gasteiger partial charge is 0.0619 e. The van der Waals surface area contributed by atoms with Gasteiger partial charge in [0.25, 0.3) is 0 Å². The fraction of sp³-hybridized carbons (Fsp3) is 0.600. The van der Waals surface area contributed by atoms with E-state index in [0.29, 0.717) is 0 Å². The number of aryl methyl sites for hydroxylation is 6. The second-order valence-electron chi connectivity index (χ2n) is 6.29. The highest BCUT2D eigenvalue weighted by molar-refractivity contribution is 5.12. The van der Waals surface area contributed by atoms with Crippen LogP contribution in [-0.2, 0) is 12.8 Å². The van der Waals surface area contributed by atoms with E-state index in [0.717, 1.165) is 47.0 Å². The molecule has 0 radical (unpaired) electrons. The van der Waals surface area contributed by atoms with Crippen LogP contribution in [0.5, 0.6) is 0 Å². The van der Waals surface area contributed by atoms with Crippen LogP contribution in [0.4, 0.5) is 0 Å². The fourth-order valence-corrected chi connectivity index (χ4v) is 2.38. The molecular formula is C20H32N4. The maximum atomic E-state index is 4.45. The molecule has 0 bridgehead atoms. The maximum Gasteiger partial charge on any atom is 0.0619 e. The first-order valence-electron chi connectivity index (χ1n) is 9.06. The Morgan fingerprint density at radius 3 is 1.79 bits per heavy atom. The Balaban J connectivity index is 0.000000240.